The lowest BCUT2D eigenvalue weighted by atomic mass is 9.69. The van der Waals surface area contributed by atoms with E-state index in [1.165, 1.54) is 43.2 Å². The monoisotopic (exact) mass is 273 g/mol. The molecule has 0 radical (unpaired) electrons. The predicted octanol–water partition coefficient (Wildman–Crippen LogP) is 3.86. The van der Waals surface area contributed by atoms with Gasteiger partial charge in [0.2, 0.25) is 0 Å². The van der Waals surface area contributed by atoms with Crippen LogP contribution in [0.3, 0.4) is 0 Å². The lowest BCUT2D eigenvalue weighted by Gasteiger charge is -2.49. The fourth-order valence-corrected chi connectivity index (χ4v) is 4.07. The molecule has 1 N–H and O–H groups in total. The summed E-state index contributed by atoms with van der Waals surface area (Å²) in [6, 6.07) is 9.40. The summed E-state index contributed by atoms with van der Waals surface area (Å²) in [6.07, 6.45) is 7.43. The van der Waals surface area contributed by atoms with E-state index in [-0.39, 0.29) is 5.60 Å². The Kier molecular flexibility index (Phi) is 4.13. The van der Waals surface area contributed by atoms with Gasteiger partial charge in [0.05, 0.1) is 5.60 Å². The van der Waals surface area contributed by atoms with Crippen LogP contribution in [-0.2, 0) is 11.2 Å². The van der Waals surface area contributed by atoms with E-state index in [2.05, 4.69) is 43.6 Å². The van der Waals surface area contributed by atoms with Gasteiger partial charge in [-0.1, -0.05) is 31.2 Å². The van der Waals surface area contributed by atoms with Crippen molar-refractivity contribution in [2.75, 3.05) is 13.7 Å². The van der Waals surface area contributed by atoms with E-state index in [1.54, 1.807) is 0 Å². The summed E-state index contributed by atoms with van der Waals surface area (Å²) in [5.41, 5.74) is 3.22. The minimum Gasteiger partial charge on any atom is -0.375 e. The van der Waals surface area contributed by atoms with Crippen molar-refractivity contribution in [2.24, 2.45) is 5.92 Å². The normalized spacial score (nSPS) is 26.2. The maximum absolute atomic E-state index is 6.09. The summed E-state index contributed by atoms with van der Waals surface area (Å²) in [5, 5.41) is 3.59. The minimum absolute atomic E-state index is 0.235. The first kappa shape index (κ1) is 14.1. The van der Waals surface area contributed by atoms with E-state index >= 15 is 0 Å². The van der Waals surface area contributed by atoms with Gasteiger partial charge >= 0.3 is 0 Å². The summed E-state index contributed by atoms with van der Waals surface area (Å²) in [7, 11) is 2.11. The molecule has 2 unspecified atom stereocenters. The highest BCUT2D eigenvalue weighted by Gasteiger charge is 2.44. The molecule has 1 saturated heterocycles. The fraction of sp³-hybridized carbons (Fsp3) is 0.667. The van der Waals surface area contributed by atoms with E-state index < -0.39 is 0 Å². The molecule has 110 valence electrons. The van der Waals surface area contributed by atoms with Crippen LogP contribution in [0.2, 0.25) is 0 Å². The van der Waals surface area contributed by atoms with E-state index in [4.69, 9.17) is 4.74 Å². The van der Waals surface area contributed by atoms with Gasteiger partial charge in [0, 0.05) is 12.6 Å². The highest BCUT2D eigenvalue weighted by molar-refractivity contribution is 5.30. The average molecular weight is 273 g/mol. The Balaban J connectivity index is 1.82. The zero-order chi connectivity index (χ0) is 14.0. The second-order valence-corrected chi connectivity index (χ2v) is 6.46. The summed E-state index contributed by atoms with van der Waals surface area (Å²) in [5.74, 6) is 0.710. The highest BCUT2D eigenvalue weighted by atomic mass is 16.5. The van der Waals surface area contributed by atoms with Gasteiger partial charge < -0.3 is 10.1 Å². The molecule has 2 nitrogen and oxygen atoms in total. The molecule has 1 aromatic rings. The Labute approximate surface area is 122 Å². The van der Waals surface area contributed by atoms with Crippen molar-refractivity contribution in [3.05, 3.63) is 35.4 Å². The maximum atomic E-state index is 6.09. The van der Waals surface area contributed by atoms with Crippen LogP contribution in [0, 0.1) is 5.92 Å². The van der Waals surface area contributed by atoms with Crippen LogP contribution in [0.5, 0.6) is 0 Å². The van der Waals surface area contributed by atoms with Crippen molar-refractivity contribution in [1.29, 1.82) is 0 Å². The zero-order valence-corrected chi connectivity index (χ0v) is 12.8. The predicted molar refractivity (Wildman–Crippen MR) is 82.9 cm³/mol. The van der Waals surface area contributed by atoms with Crippen LogP contribution in [0.25, 0.3) is 0 Å². The summed E-state index contributed by atoms with van der Waals surface area (Å²) in [4.78, 5) is 0. The number of hydrogen-bond donors (Lipinski definition) is 1. The fourth-order valence-electron chi connectivity index (χ4n) is 4.07. The topological polar surface area (TPSA) is 21.3 Å². The molecule has 0 amide bonds. The highest BCUT2D eigenvalue weighted by Crippen LogP contribution is 2.47. The molecule has 1 heterocycles. The van der Waals surface area contributed by atoms with Crippen molar-refractivity contribution < 1.29 is 4.74 Å². The summed E-state index contributed by atoms with van der Waals surface area (Å²) in [6.45, 7) is 3.19. The second-order valence-electron chi connectivity index (χ2n) is 6.46. The maximum Gasteiger partial charge on any atom is 0.0686 e. The largest absolute Gasteiger partial charge is 0.375 e. The lowest BCUT2D eigenvalue weighted by Crippen LogP contribution is -2.47. The van der Waals surface area contributed by atoms with Gasteiger partial charge in [-0.3, -0.25) is 0 Å². The molecule has 2 heteroatoms. The Morgan fingerprint density at radius 1 is 1.35 bits per heavy atom. The quantitative estimate of drug-likeness (QED) is 0.899. The molecule has 0 aromatic heterocycles. The van der Waals surface area contributed by atoms with E-state index in [0.717, 1.165) is 13.0 Å². The third-order valence-corrected chi connectivity index (χ3v) is 5.35. The first-order chi connectivity index (χ1) is 9.78. The van der Waals surface area contributed by atoms with Gasteiger partial charge in [-0.2, -0.15) is 0 Å². The van der Waals surface area contributed by atoms with Crippen LogP contribution in [0.4, 0.5) is 0 Å². The minimum atomic E-state index is 0.235. The van der Waals surface area contributed by atoms with Crippen LogP contribution >= 0.6 is 0 Å². The van der Waals surface area contributed by atoms with Crippen LogP contribution in [-0.4, -0.2) is 19.3 Å². The smallest absolute Gasteiger partial charge is 0.0686 e. The van der Waals surface area contributed by atoms with Crippen molar-refractivity contribution >= 4 is 0 Å². The molecule has 1 aliphatic carbocycles. The van der Waals surface area contributed by atoms with Crippen molar-refractivity contribution in [2.45, 2.75) is 57.1 Å². The van der Waals surface area contributed by atoms with E-state index in [1.807, 2.05) is 0 Å². The molecular formula is C18H27NO. The average Bonchev–Trinajstić information content (AvgIpc) is 2.47. The number of nitrogens with one attached hydrogen (secondary N) is 1. The van der Waals surface area contributed by atoms with Gasteiger partial charge in [-0.15, -0.1) is 0 Å². The van der Waals surface area contributed by atoms with E-state index in [0.29, 0.717) is 12.0 Å². The molecular weight excluding hydrogens is 246 g/mol. The van der Waals surface area contributed by atoms with Gasteiger partial charge in [0.25, 0.3) is 0 Å². The molecule has 2 aliphatic rings. The van der Waals surface area contributed by atoms with Crippen molar-refractivity contribution in [1.82, 2.24) is 5.32 Å². The van der Waals surface area contributed by atoms with Crippen LogP contribution < -0.4 is 5.32 Å². The third kappa shape index (κ3) is 2.51. The lowest BCUT2D eigenvalue weighted by molar-refractivity contribution is -0.147. The molecule has 2 atom stereocenters. The number of aryl methyl sites for hydroxylation is 1. The molecule has 0 bridgehead atoms. The molecule has 20 heavy (non-hydrogen) atoms. The molecule has 1 aromatic carbocycles. The van der Waals surface area contributed by atoms with Crippen molar-refractivity contribution in [3.63, 3.8) is 0 Å². The SMILES string of the molecule is CCc1ccccc1C(NC)C1CCOC2(CCC2)C1. The molecule has 1 spiro atoms. The molecule has 2 fully saturated rings. The first-order valence-corrected chi connectivity index (χ1v) is 8.17. The number of ether oxygens (including phenoxy) is 1. The molecule has 3 rings (SSSR count). The summed E-state index contributed by atoms with van der Waals surface area (Å²) >= 11 is 0. The van der Waals surface area contributed by atoms with Gasteiger partial charge in [-0.05, 0) is 62.6 Å². The van der Waals surface area contributed by atoms with Crippen LogP contribution in [0.1, 0.15) is 56.2 Å². The Hall–Kier alpha value is -0.860. The van der Waals surface area contributed by atoms with Gasteiger partial charge in [-0.25, -0.2) is 0 Å². The molecule has 1 aliphatic heterocycles. The standard InChI is InChI=1S/C18H27NO/c1-3-14-7-4-5-8-16(14)17(19-2)15-9-12-20-18(13-15)10-6-11-18/h4-5,7-8,15,17,19H,3,6,9-13H2,1-2H3. The number of benzene rings is 1. The molecule has 1 saturated carbocycles. The third-order valence-electron chi connectivity index (χ3n) is 5.35. The second kappa shape index (κ2) is 5.87. The number of hydrogen-bond acceptors (Lipinski definition) is 2. The Morgan fingerprint density at radius 3 is 2.80 bits per heavy atom. The van der Waals surface area contributed by atoms with Crippen molar-refractivity contribution in [3.8, 4) is 0 Å². The first-order valence-electron chi connectivity index (χ1n) is 8.17. The zero-order valence-electron chi connectivity index (χ0n) is 12.8. The summed E-state index contributed by atoms with van der Waals surface area (Å²) < 4.78 is 6.09. The number of rotatable bonds is 4. The Morgan fingerprint density at radius 2 is 2.15 bits per heavy atom. The van der Waals surface area contributed by atoms with E-state index in [9.17, 15) is 0 Å². The Bertz CT molecular complexity index is 452. The van der Waals surface area contributed by atoms with Crippen LogP contribution in [0.15, 0.2) is 24.3 Å². The van der Waals surface area contributed by atoms with Gasteiger partial charge in [0.1, 0.15) is 0 Å². The van der Waals surface area contributed by atoms with Gasteiger partial charge in [0.15, 0.2) is 0 Å².